The average molecular weight is 395 g/mol. The Kier molecular flexibility index (Phi) is 5.08. The van der Waals surface area contributed by atoms with Gasteiger partial charge in [0.2, 0.25) is 5.88 Å². The van der Waals surface area contributed by atoms with Crippen molar-refractivity contribution in [3.8, 4) is 5.88 Å². The van der Waals surface area contributed by atoms with Crippen molar-refractivity contribution in [3.05, 3.63) is 52.6 Å². The van der Waals surface area contributed by atoms with E-state index in [9.17, 15) is 4.39 Å². The highest BCUT2D eigenvalue weighted by Crippen LogP contribution is 2.41. The second-order valence-corrected chi connectivity index (χ2v) is 7.85. The molecular formula is C22H26FN5O. The van der Waals surface area contributed by atoms with Crippen molar-refractivity contribution < 1.29 is 9.13 Å². The van der Waals surface area contributed by atoms with Gasteiger partial charge in [-0.3, -0.25) is 0 Å². The summed E-state index contributed by atoms with van der Waals surface area (Å²) in [7, 11) is 1.62. The molecule has 7 heteroatoms. The van der Waals surface area contributed by atoms with Gasteiger partial charge in [-0.2, -0.15) is 4.98 Å². The fourth-order valence-electron chi connectivity index (χ4n) is 3.93. The summed E-state index contributed by atoms with van der Waals surface area (Å²) in [5.41, 5.74) is 8.78. The Balaban J connectivity index is 1.77. The molecule has 1 atom stereocenters. The Morgan fingerprint density at radius 2 is 1.97 bits per heavy atom. The molecule has 1 aromatic carbocycles. The van der Waals surface area contributed by atoms with E-state index in [1.807, 2.05) is 26.0 Å². The molecule has 1 fully saturated rings. The third kappa shape index (κ3) is 3.62. The third-order valence-electron chi connectivity index (χ3n) is 5.64. The first-order valence-corrected chi connectivity index (χ1v) is 9.87. The van der Waals surface area contributed by atoms with Crippen LogP contribution in [0.4, 0.5) is 10.2 Å². The van der Waals surface area contributed by atoms with Crippen LogP contribution < -0.4 is 15.8 Å². The zero-order valence-corrected chi connectivity index (χ0v) is 17.2. The molecule has 0 spiro atoms. The van der Waals surface area contributed by atoms with Crippen LogP contribution in [0.5, 0.6) is 5.88 Å². The second kappa shape index (κ2) is 7.55. The van der Waals surface area contributed by atoms with Crippen LogP contribution in [0.25, 0.3) is 11.0 Å². The van der Waals surface area contributed by atoms with Crippen LogP contribution in [-0.4, -0.2) is 28.1 Å². The lowest BCUT2D eigenvalue weighted by Crippen LogP contribution is -2.35. The first kappa shape index (κ1) is 19.5. The molecule has 0 unspecified atom stereocenters. The number of nitrogens with one attached hydrogen (secondary N) is 1. The Hall–Kier alpha value is -2.80. The minimum Gasteiger partial charge on any atom is -0.481 e. The quantitative estimate of drug-likeness (QED) is 0.674. The molecule has 4 rings (SSSR count). The third-order valence-corrected chi connectivity index (χ3v) is 5.64. The van der Waals surface area contributed by atoms with Gasteiger partial charge in [0.05, 0.1) is 18.5 Å². The Morgan fingerprint density at radius 1 is 1.21 bits per heavy atom. The number of hydrogen-bond donors (Lipinski definition) is 2. The number of nitrogens with zero attached hydrogens (tertiary/aromatic N) is 3. The van der Waals surface area contributed by atoms with Gasteiger partial charge in [0.25, 0.3) is 0 Å². The molecule has 152 valence electrons. The van der Waals surface area contributed by atoms with Crippen LogP contribution in [-0.2, 0) is 0 Å². The average Bonchev–Trinajstić information content (AvgIpc) is 2.66. The van der Waals surface area contributed by atoms with Crippen LogP contribution in [0.1, 0.15) is 54.2 Å². The van der Waals surface area contributed by atoms with E-state index in [2.05, 4.69) is 20.3 Å². The zero-order valence-electron chi connectivity index (χ0n) is 17.2. The van der Waals surface area contributed by atoms with Crippen molar-refractivity contribution in [1.82, 2.24) is 15.0 Å². The summed E-state index contributed by atoms with van der Waals surface area (Å²) >= 11 is 0. The number of aromatic nitrogens is 3. The molecule has 6 nitrogen and oxygen atoms in total. The SMILES string of the molecule is COc1nc2nc(C)nc(N[C@H](C)c3cccc(C)c3F)c2cc1[C@H]1C[C@@H](N)C1. The predicted molar refractivity (Wildman–Crippen MR) is 112 cm³/mol. The Bertz CT molecular complexity index is 1060. The molecule has 29 heavy (non-hydrogen) atoms. The standard InChI is InChI=1S/C22H26FN5O/c1-11-6-5-7-16(19(11)23)12(2)25-20-18-10-17(14-8-15(24)9-14)22(29-4)28-21(18)27-13(3)26-20/h5-7,10,12,14-15H,8-9,24H2,1-4H3,(H,25,26,27,28)/t12-,14-,15+/m1/s1. The van der Waals surface area contributed by atoms with Gasteiger partial charge >= 0.3 is 0 Å². The van der Waals surface area contributed by atoms with Crippen molar-refractivity contribution in [3.63, 3.8) is 0 Å². The number of hydrogen-bond acceptors (Lipinski definition) is 6. The van der Waals surface area contributed by atoms with Crippen molar-refractivity contribution >= 4 is 16.9 Å². The van der Waals surface area contributed by atoms with Crippen molar-refractivity contribution in [1.29, 1.82) is 0 Å². The van der Waals surface area contributed by atoms with Crippen LogP contribution in [0.2, 0.25) is 0 Å². The number of ether oxygens (including phenoxy) is 1. The zero-order chi connectivity index (χ0) is 20.7. The van der Waals surface area contributed by atoms with Gasteiger partial charge in [-0.1, -0.05) is 18.2 Å². The van der Waals surface area contributed by atoms with Crippen LogP contribution in [0.15, 0.2) is 24.3 Å². The van der Waals surface area contributed by atoms with Gasteiger partial charge in [0.15, 0.2) is 5.65 Å². The normalized spacial score (nSPS) is 19.7. The van der Waals surface area contributed by atoms with Gasteiger partial charge in [0, 0.05) is 17.2 Å². The fourth-order valence-corrected chi connectivity index (χ4v) is 3.93. The number of rotatable bonds is 5. The number of pyridine rings is 1. The minimum atomic E-state index is -0.268. The lowest BCUT2D eigenvalue weighted by molar-refractivity contribution is 0.329. The molecule has 3 aromatic rings. The predicted octanol–water partition coefficient (Wildman–Crippen LogP) is 4.17. The van der Waals surface area contributed by atoms with Gasteiger partial charge in [-0.05, 0) is 51.2 Å². The van der Waals surface area contributed by atoms with Gasteiger partial charge in [-0.15, -0.1) is 0 Å². The number of anilines is 1. The van der Waals surface area contributed by atoms with Crippen LogP contribution in [0.3, 0.4) is 0 Å². The van der Waals surface area contributed by atoms with E-state index in [0.29, 0.717) is 40.2 Å². The van der Waals surface area contributed by atoms with E-state index in [1.165, 1.54) is 0 Å². The second-order valence-electron chi connectivity index (χ2n) is 7.85. The molecule has 0 radical (unpaired) electrons. The maximum absolute atomic E-state index is 14.6. The number of methoxy groups -OCH3 is 1. The fraction of sp³-hybridized carbons (Fsp3) is 0.409. The van der Waals surface area contributed by atoms with Gasteiger partial charge in [-0.25, -0.2) is 14.4 Å². The number of fused-ring (bicyclic) bond motifs is 1. The number of aryl methyl sites for hydroxylation is 2. The molecule has 2 aromatic heterocycles. The van der Waals surface area contributed by atoms with Crippen LogP contribution in [0, 0.1) is 19.7 Å². The van der Waals surface area contributed by atoms with Gasteiger partial charge < -0.3 is 15.8 Å². The van der Waals surface area contributed by atoms with Crippen LogP contribution >= 0.6 is 0 Å². The summed E-state index contributed by atoms with van der Waals surface area (Å²) in [6, 6.07) is 7.41. The molecule has 3 N–H and O–H groups in total. The molecule has 0 saturated heterocycles. The van der Waals surface area contributed by atoms with Gasteiger partial charge in [0.1, 0.15) is 17.5 Å². The molecule has 1 saturated carbocycles. The molecule has 0 aliphatic heterocycles. The van der Waals surface area contributed by atoms with Crippen molar-refractivity contribution in [2.45, 2.75) is 51.6 Å². The van der Waals surface area contributed by atoms with E-state index in [1.54, 1.807) is 26.2 Å². The van der Waals surface area contributed by atoms with E-state index < -0.39 is 0 Å². The Morgan fingerprint density at radius 3 is 2.66 bits per heavy atom. The van der Waals surface area contributed by atoms with E-state index >= 15 is 0 Å². The molecule has 1 aliphatic rings. The van der Waals surface area contributed by atoms with E-state index in [-0.39, 0.29) is 17.9 Å². The first-order valence-electron chi connectivity index (χ1n) is 9.87. The monoisotopic (exact) mass is 395 g/mol. The largest absolute Gasteiger partial charge is 0.481 e. The van der Waals surface area contributed by atoms with E-state index in [4.69, 9.17) is 10.5 Å². The number of halogens is 1. The molecule has 0 bridgehead atoms. The van der Waals surface area contributed by atoms with E-state index in [0.717, 1.165) is 23.8 Å². The molecule has 1 aliphatic carbocycles. The lowest BCUT2D eigenvalue weighted by atomic mass is 9.76. The van der Waals surface area contributed by atoms with Crippen molar-refractivity contribution in [2.24, 2.45) is 5.73 Å². The Labute approximate surface area is 169 Å². The molecular weight excluding hydrogens is 369 g/mol. The maximum Gasteiger partial charge on any atom is 0.218 e. The van der Waals surface area contributed by atoms with Crippen molar-refractivity contribution in [2.75, 3.05) is 12.4 Å². The topological polar surface area (TPSA) is 86.0 Å². The highest BCUT2D eigenvalue weighted by Gasteiger charge is 2.31. The molecule has 2 heterocycles. The maximum atomic E-state index is 14.6. The number of nitrogens with two attached hydrogens (primary N) is 1. The summed E-state index contributed by atoms with van der Waals surface area (Å²) in [6.07, 6.45) is 1.81. The first-order chi connectivity index (χ1) is 13.9. The summed E-state index contributed by atoms with van der Waals surface area (Å²) in [4.78, 5) is 13.7. The minimum absolute atomic E-state index is 0.202. The smallest absolute Gasteiger partial charge is 0.218 e. The summed E-state index contributed by atoms with van der Waals surface area (Å²) in [6.45, 7) is 5.50. The number of benzene rings is 1. The summed E-state index contributed by atoms with van der Waals surface area (Å²) in [5.74, 6) is 1.92. The summed E-state index contributed by atoms with van der Waals surface area (Å²) in [5, 5.41) is 4.16. The summed E-state index contributed by atoms with van der Waals surface area (Å²) < 4.78 is 20.1. The highest BCUT2D eigenvalue weighted by molar-refractivity contribution is 5.88. The lowest BCUT2D eigenvalue weighted by Gasteiger charge is -2.33. The highest BCUT2D eigenvalue weighted by atomic mass is 19.1. The molecule has 0 amide bonds.